The van der Waals surface area contributed by atoms with Crippen molar-refractivity contribution in [2.75, 3.05) is 19.8 Å². The van der Waals surface area contributed by atoms with Crippen molar-refractivity contribution in [3.8, 4) is 11.6 Å². The Morgan fingerprint density at radius 2 is 2.43 bits per heavy atom. The van der Waals surface area contributed by atoms with E-state index in [0.29, 0.717) is 43.8 Å². The predicted molar refractivity (Wildman–Crippen MR) is 69.3 cm³/mol. The van der Waals surface area contributed by atoms with E-state index in [9.17, 15) is 4.79 Å². The fraction of sp³-hybridized carbons (Fsp3) is 0.462. The molecule has 0 saturated carbocycles. The van der Waals surface area contributed by atoms with Gasteiger partial charge >= 0.3 is 5.97 Å². The van der Waals surface area contributed by atoms with Crippen molar-refractivity contribution in [1.29, 1.82) is 0 Å². The van der Waals surface area contributed by atoms with E-state index < -0.39 is 5.97 Å². The van der Waals surface area contributed by atoms with Gasteiger partial charge in [-0.25, -0.2) is 0 Å². The standard InChI is InChI=1S/C13H15N3O5/c17-12(18)6-9-8-19-5-3-16(9)7-11-14-13(15-21-11)10-2-1-4-20-10/h1-2,4,9H,3,5-8H2,(H,17,18). The molecule has 1 unspecified atom stereocenters. The van der Waals surface area contributed by atoms with Crippen LogP contribution in [0.4, 0.5) is 0 Å². The van der Waals surface area contributed by atoms with E-state index in [2.05, 4.69) is 10.1 Å². The lowest BCUT2D eigenvalue weighted by Crippen LogP contribution is -2.45. The van der Waals surface area contributed by atoms with Crippen LogP contribution in [0.1, 0.15) is 12.3 Å². The molecule has 0 aromatic carbocycles. The third-order valence-corrected chi connectivity index (χ3v) is 3.31. The second-order valence-electron chi connectivity index (χ2n) is 4.79. The van der Waals surface area contributed by atoms with Crippen LogP contribution in [0.2, 0.25) is 0 Å². The van der Waals surface area contributed by atoms with Crippen LogP contribution >= 0.6 is 0 Å². The highest BCUT2D eigenvalue weighted by molar-refractivity contribution is 5.67. The summed E-state index contributed by atoms with van der Waals surface area (Å²) in [7, 11) is 0. The lowest BCUT2D eigenvalue weighted by atomic mass is 10.1. The van der Waals surface area contributed by atoms with Crippen LogP contribution in [-0.4, -0.2) is 51.9 Å². The van der Waals surface area contributed by atoms with Crippen LogP contribution in [0.3, 0.4) is 0 Å². The fourth-order valence-electron chi connectivity index (χ4n) is 2.29. The minimum absolute atomic E-state index is 0.0270. The molecule has 2 aromatic heterocycles. The molecule has 0 aliphatic carbocycles. The van der Waals surface area contributed by atoms with Gasteiger partial charge in [-0.3, -0.25) is 9.69 Å². The summed E-state index contributed by atoms with van der Waals surface area (Å²) in [6.45, 7) is 1.99. The van der Waals surface area contributed by atoms with Crippen molar-refractivity contribution in [1.82, 2.24) is 15.0 Å². The van der Waals surface area contributed by atoms with Gasteiger partial charge in [0.25, 0.3) is 0 Å². The number of ether oxygens (including phenoxy) is 1. The number of hydrogen-bond donors (Lipinski definition) is 1. The zero-order valence-electron chi connectivity index (χ0n) is 11.3. The summed E-state index contributed by atoms with van der Waals surface area (Å²) >= 11 is 0. The second-order valence-corrected chi connectivity index (χ2v) is 4.79. The number of carboxylic acids is 1. The molecular formula is C13H15N3O5. The number of carbonyl (C=O) groups is 1. The molecule has 1 aliphatic heterocycles. The van der Waals surface area contributed by atoms with Gasteiger partial charge < -0.3 is 18.8 Å². The molecule has 3 heterocycles. The minimum atomic E-state index is -0.850. The van der Waals surface area contributed by atoms with Crippen molar-refractivity contribution in [3.63, 3.8) is 0 Å². The lowest BCUT2D eigenvalue weighted by Gasteiger charge is -2.33. The number of carboxylic acid groups (broad SMARTS) is 1. The molecule has 3 rings (SSSR count). The van der Waals surface area contributed by atoms with Crippen molar-refractivity contribution in [3.05, 3.63) is 24.3 Å². The van der Waals surface area contributed by atoms with Gasteiger partial charge in [0.1, 0.15) is 0 Å². The first-order valence-electron chi connectivity index (χ1n) is 6.62. The highest BCUT2D eigenvalue weighted by Crippen LogP contribution is 2.18. The maximum absolute atomic E-state index is 10.9. The summed E-state index contributed by atoms with van der Waals surface area (Å²) in [6.07, 6.45) is 1.56. The number of aromatic nitrogens is 2. The Hall–Kier alpha value is -2.19. The van der Waals surface area contributed by atoms with Crippen LogP contribution in [0, 0.1) is 0 Å². The van der Waals surface area contributed by atoms with E-state index in [1.807, 2.05) is 4.90 Å². The lowest BCUT2D eigenvalue weighted by molar-refractivity contribution is -0.140. The maximum Gasteiger partial charge on any atom is 0.305 e. The minimum Gasteiger partial charge on any atom is -0.481 e. The largest absolute Gasteiger partial charge is 0.481 e. The quantitative estimate of drug-likeness (QED) is 0.871. The summed E-state index contributed by atoms with van der Waals surface area (Å²) in [6, 6.07) is 3.31. The van der Waals surface area contributed by atoms with Gasteiger partial charge in [0.2, 0.25) is 11.7 Å². The number of aliphatic carboxylic acids is 1. The first-order chi connectivity index (χ1) is 10.2. The van der Waals surface area contributed by atoms with Crippen LogP contribution in [0.15, 0.2) is 27.3 Å². The van der Waals surface area contributed by atoms with Gasteiger partial charge in [-0.05, 0) is 12.1 Å². The number of nitrogens with zero attached hydrogens (tertiary/aromatic N) is 3. The average molecular weight is 293 g/mol. The molecule has 8 heteroatoms. The molecule has 0 bridgehead atoms. The summed E-state index contributed by atoms with van der Waals surface area (Å²) in [5.74, 6) is 0.503. The number of morpholine rings is 1. The van der Waals surface area contributed by atoms with Gasteiger partial charge in [-0.2, -0.15) is 4.98 Å². The first kappa shape index (κ1) is 13.8. The first-order valence-corrected chi connectivity index (χ1v) is 6.62. The summed E-state index contributed by atoms with van der Waals surface area (Å²) in [4.78, 5) is 17.1. The summed E-state index contributed by atoms with van der Waals surface area (Å²) < 4.78 is 15.7. The highest BCUT2D eigenvalue weighted by atomic mass is 16.5. The molecule has 8 nitrogen and oxygen atoms in total. The molecule has 1 fully saturated rings. The van der Waals surface area contributed by atoms with Gasteiger partial charge in [0.15, 0.2) is 5.76 Å². The third kappa shape index (κ3) is 3.29. The normalized spacial score (nSPS) is 19.7. The third-order valence-electron chi connectivity index (χ3n) is 3.31. The van der Waals surface area contributed by atoms with Gasteiger partial charge in [0, 0.05) is 12.6 Å². The van der Waals surface area contributed by atoms with Gasteiger partial charge in [-0.15, -0.1) is 0 Å². The molecule has 0 radical (unpaired) electrons. The summed E-state index contributed by atoms with van der Waals surface area (Å²) in [5.41, 5.74) is 0. The Morgan fingerprint density at radius 1 is 1.52 bits per heavy atom. The molecule has 1 atom stereocenters. The molecule has 0 amide bonds. The van der Waals surface area contributed by atoms with Crippen molar-refractivity contribution in [2.24, 2.45) is 0 Å². The Balaban J connectivity index is 1.68. The Bertz CT molecular complexity index is 595. The SMILES string of the molecule is O=C(O)CC1COCCN1Cc1nc(-c2ccco2)no1. The van der Waals surface area contributed by atoms with Crippen LogP contribution < -0.4 is 0 Å². The van der Waals surface area contributed by atoms with Crippen LogP contribution in [-0.2, 0) is 16.1 Å². The van der Waals surface area contributed by atoms with E-state index in [-0.39, 0.29) is 12.5 Å². The Kier molecular flexibility index (Phi) is 3.98. The van der Waals surface area contributed by atoms with E-state index >= 15 is 0 Å². The van der Waals surface area contributed by atoms with Crippen molar-refractivity contribution in [2.45, 2.75) is 19.0 Å². The van der Waals surface area contributed by atoms with Crippen molar-refractivity contribution < 1.29 is 23.6 Å². The van der Waals surface area contributed by atoms with Crippen LogP contribution in [0.25, 0.3) is 11.6 Å². The molecule has 112 valence electrons. The molecular weight excluding hydrogens is 278 g/mol. The summed E-state index contributed by atoms with van der Waals surface area (Å²) in [5, 5.41) is 12.8. The number of furan rings is 1. The number of hydrogen-bond acceptors (Lipinski definition) is 7. The number of rotatable bonds is 5. The van der Waals surface area contributed by atoms with E-state index in [4.69, 9.17) is 18.8 Å². The molecule has 1 saturated heterocycles. The molecule has 1 aliphatic rings. The molecule has 1 N–H and O–H groups in total. The van der Waals surface area contributed by atoms with Gasteiger partial charge in [0.05, 0.1) is 32.4 Å². The fourth-order valence-corrected chi connectivity index (χ4v) is 2.29. The maximum atomic E-state index is 10.9. The monoisotopic (exact) mass is 293 g/mol. The highest BCUT2D eigenvalue weighted by Gasteiger charge is 2.27. The molecule has 0 spiro atoms. The topological polar surface area (TPSA) is 102 Å². The Labute approximate surface area is 120 Å². The zero-order valence-corrected chi connectivity index (χ0v) is 11.3. The van der Waals surface area contributed by atoms with E-state index in [1.54, 1.807) is 12.1 Å². The Morgan fingerprint density at radius 3 is 3.19 bits per heavy atom. The predicted octanol–water partition coefficient (Wildman–Crippen LogP) is 1.01. The van der Waals surface area contributed by atoms with E-state index in [1.165, 1.54) is 6.26 Å². The zero-order chi connectivity index (χ0) is 14.7. The smallest absolute Gasteiger partial charge is 0.305 e. The average Bonchev–Trinajstić information content (AvgIpc) is 3.11. The van der Waals surface area contributed by atoms with E-state index in [0.717, 1.165) is 0 Å². The second kappa shape index (κ2) is 6.06. The van der Waals surface area contributed by atoms with Crippen molar-refractivity contribution >= 4 is 5.97 Å². The van der Waals surface area contributed by atoms with Crippen LogP contribution in [0.5, 0.6) is 0 Å². The van der Waals surface area contributed by atoms with Gasteiger partial charge in [-0.1, -0.05) is 5.16 Å². The molecule has 2 aromatic rings. The molecule has 21 heavy (non-hydrogen) atoms.